The van der Waals surface area contributed by atoms with E-state index in [-0.39, 0.29) is 16.9 Å². The molecule has 0 fully saturated rings. The second-order valence-electron chi connectivity index (χ2n) is 4.26. The molecule has 21 heavy (non-hydrogen) atoms. The number of nitrogens with zero attached hydrogens (tertiary/aromatic N) is 1. The molecule has 0 aliphatic heterocycles. The van der Waals surface area contributed by atoms with E-state index in [4.69, 9.17) is 5.84 Å². The Morgan fingerprint density at radius 3 is 2.90 bits per heavy atom. The number of H-pyrrole nitrogens is 1. The molecule has 0 saturated carbocycles. The number of hydrogen-bond donors (Lipinski definition) is 3. The van der Waals surface area contributed by atoms with E-state index in [1.54, 1.807) is 6.92 Å². The van der Waals surface area contributed by atoms with Crippen molar-refractivity contribution >= 4 is 17.7 Å². The first-order chi connectivity index (χ1) is 9.99. The van der Waals surface area contributed by atoms with Crippen LogP contribution >= 0.6 is 11.8 Å². The Kier molecular flexibility index (Phi) is 4.71. The third-order valence-corrected chi connectivity index (χ3v) is 3.57. The van der Waals surface area contributed by atoms with E-state index in [9.17, 15) is 14.0 Å². The summed E-state index contributed by atoms with van der Waals surface area (Å²) in [6.45, 7) is 1.70. The largest absolute Gasteiger partial charge is 0.301 e. The van der Waals surface area contributed by atoms with Crippen LogP contribution in [0.2, 0.25) is 0 Å². The number of carbonyl (C=O) groups excluding carboxylic acids is 1. The van der Waals surface area contributed by atoms with Gasteiger partial charge in [-0.25, -0.2) is 15.2 Å². The van der Waals surface area contributed by atoms with Gasteiger partial charge in [0.15, 0.2) is 5.16 Å². The van der Waals surface area contributed by atoms with Crippen LogP contribution in [0, 0.1) is 12.7 Å². The standard InChI is InChI=1S/C13H13FN4O2S/c1-7-4-11(19)17-13(16-7)21-6-9-5-8(12(20)18-15)2-3-10(9)14/h2-5H,6,15H2,1H3,(H,18,20)(H,16,17,19). The fraction of sp³-hybridized carbons (Fsp3) is 0.154. The van der Waals surface area contributed by atoms with E-state index in [1.807, 2.05) is 5.43 Å². The number of nitrogens with one attached hydrogen (secondary N) is 2. The average molecular weight is 308 g/mol. The molecular weight excluding hydrogens is 295 g/mol. The van der Waals surface area contributed by atoms with Crippen LogP contribution in [-0.2, 0) is 5.75 Å². The van der Waals surface area contributed by atoms with Crippen molar-refractivity contribution in [2.75, 3.05) is 0 Å². The number of halogens is 1. The SMILES string of the molecule is Cc1cc(=O)[nH]c(SCc2cc(C(=O)NN)ccc2F)n1. The fourth-order valence-corrected chi connectivity index (χ4v) is 2.57. The van der Waals surface area contributed by atoms with Gasteiger partial charge in [0.05, 0.1) is 0 Å². The highest BCUT2D eigenvalue weighted by molar-refractivity contribution is 7.98. The maximum absolute atomic E-state index is 13.7. The second kappa shape index (κ2) is 6.51. The molecule has 1 aromatic heterocycles. The molecule has 0 unspecified atom stereocenters. The van der Waals surface area contributed by atoms with E-state index < -0.39 is 11.7 Å². The predicted molar refractivity (Wildman–Crippen MR) is 77.2 cm³/mol. The number of rotatable bonds is 4. The zero-order chi connectivity index (χ0) is 15.4. The van der Waals surface area contributed by atoms with E-state index in [0.29, 0.717) is 16.4 Å². The molecule has 0 aliphatic carbocycles. The van der Waals surface area contributed by atoms with Gasteiger partial charge < -0.3 is 4.98 Å². The maximum atomic E-state index is 13.7. The summed E-state index contributed by atoms with van der Waals surface area (Å²) in [5.74, 6) is 4.33. The number of aromatic nitrogens is 2. The molecule has 8 heteroatoms. The van der Waals surface area contributed by atoms with Gasteiger partial charge >= 0.3 is 0 Å². The normalized spacial score (nSPS) is 10.4. The number of thioether (sulfide) groups is 1. The molecule has 0 saturated heterocycles. The number of benzene rings is 1. The molecule has 1 aromatic carbocycles. The highest BCUT2D eigenvalue weighted by Gasteiger charge is 2.10. The van der Waals surface area contributed by atoms with Crippen LogP contribution < -0.4 is 16.8 Å². The third-order valence-electron chi connectivity index (χ3n) is 2.65. The first kappa shape index (κ1) is 15.2. The van der Waals surface area contributed by atoms with Crippen LogP contribution in [0.15, 0.2) is 34.2 Å². The lowest BCUT2D eigenvalue weighted by Gasteiger charge is -2.06. The summed E-state index contributed by atoms with van der Waals surface area (Å²) in [4.78, 5) is 29.4. The van der Waals surface area contributed by atoms with Crippen LogP contribution in [0.25, 0.3) is 0 Å². The minimum Gasteiger partial charge on any atom is -0.301 e. The van der Waals surface area contributed by atoms with Crippen molar-refractivity contribution in [2.45, 2.75) is 17.8 Å². The van der Waals surface area contributed by atoms with Gasteiger partial charge in [0, 0.05) is 23.1 Å². The Bertz CT molecular complexity index is 732. The minimum atomic E-state index is -0.497. The number of nitrogen functional groups attached to an aromatic ring is 1. The molecule has 2 aromatic rings. The molecule has 4 N–H and O–H groups in total. The highest BCUT2D eigenvalue weighted by atomic mass is 32.2. The van der Waals surface area contributed by atoms with Gasteiger partial charge in [-0.3, -0.25) is 15.0 Å². The average Bonchev–Trinajstić information content (AvgIpc) is 2.44. The lowest BCUT2D eigenvalue weighted by molar-refractivity contribution is 0.0953. The number of aromatic amines is 1. The molecule has 110 valence electrons. The molecule has 6 nitrogen and oxygen atoms in total. The van der Waals surface area contributed by atoms with Crippen molar-refractivity contribution in [1.82, 2.24) is 15.4 Å². The molecule has 0 aliphatic rings. The molecule has 0 radical (unpaired) electrons. The monoisotopic (exact) mass is 308 g/mol. The maximum Gasteiger partial charge on any atom is 0.265 e. The van der Waals surface area contributed by atoms with Crippen molar-refractivity contribution in [1.29, 1.82) is 0 Å². The van der Waals surface area contributed by atoms with Crippen LogP contribution in [0.3, 0.4) is 0 Å². The summed E-state index contributed by atoms with van der Waals surface area (Å²) in [5, 5.41) is 0.396. The Labute approximate surface area is 123 Å². The van der Waals surface area contributed by atoms with Gasteiger partial charge in [0.2, 0.25) is 0 Å². The number of hydrazine groups is 1. The molecule has 0 bridgehead atoms. The summed E-state index contributed by atoms with van der Waals surface area (Å²) >= 11 is 1.17. The summed E-state index contributed by atoms with van der Waals surface area (Å²) in [5.41, 5.74) is 2.90. The first-order valence-electron chi connectivity index (χ1n) is 5.99. The van der Waals surface area contributed by atoms with E-state index in [1.165, 1.54) is 36.0 Å². The van der Waals surface area contributed by atoms with Crippen molar-refractivity contribution in [3.8, 4) is 0 Å². The number of carbonyl (C=O) groups is 1. The predicted octanol–water partition coefficient (Wildman–Crippen LogP) is 1.11. The van der Waals surface area contributed by atoms with Crippen molar-refractivity contribution in [3.05, 3.63) is 57.3 Å². The van der Waals surface area contributed by atoms with Gasteiger partial charge in [-0.05, 0) is 30.7 Å². The summed E-state index contributed by atoms with van der Waals surface area (Å²) in [6, 6.07) is 5.33. The topological polar surface area (TPSA) is 101 Å². The lowest BCUT2D eigenvalue weighted by Crippen LogP contribution is -2.30. The molecular formula is C13H13FN4O2S. The molecule has 1 heterocycles. The summed E-state index contributed by atoms with van der Waals surface area (Å²) < 4.78 is 13.7. The Morgan fingerprint density at radius 2 is 2.24 bits per heavy atom. The molecule has 2 rings (SSSR count). The number of amides is 1. The van der Waals surface area contributed by atoms with Crippen LogP contribution in [0.1, 0.15) is 21.6 Å². The zero-order valence-corrected chi connectivity index (χ0v) is 12.0. The van der Waals surface area contributed by atoms with Gasteiger partial charge in [-0.2, -0.15) is 0 Å². The Morgan fingerprint density at radius 1 is 1.48 bits per heavy atom. The quantitative estimate of drug-likeness (QED) is 0.258. The van der Waals surface area contributed by atoms with Crippen LogP contribution in [-0.4, -0.2) is 15.9 Å². The Hall–Kier alpha value is -2.19. The number of hydrogen-bond acceptors (Lipinski definition) is 5. The molecule has 0 atom stereocenters. The van der Waals surface area contributed by atoms with Crippen molar-refractivity contribution in [3.63, 3.8) is 0 Å². The summed E-state index contributed by atoms with van der Waals surface area (Å²) in [6.07, 6.45) is 0. The van der Waals surface area contributed by atoms with Crippen molar-refractivity contribution < 1.29 is 9.18 Å². The summed E-state index contributed by atoms with van der Waals surface area (Å²) in [7, 11) is 0. The second-order valence-corrected chi connectivity index (χ2v) is 5.22. The number of nitrogens with two attached hydrogens (primary N) is 1. The van der Waals surface area contributed by atoms with Gasteiger partial charge in [0.25, 0.3) is 11.5 Å². The van der Waals surface area contributed by atoms with Gasteiger partial charge in [-0.1, -0.05) is 11.8 Å². The van der Waals surface area contributed by atoms with E-state index >= 15 is 0 Å². The molecule has 0 spiro atoms. The van der Waals surface area contributed by atoms with E-state index in [0.717, 1.165) is 0 Å². The number of aryl methyl sites for hydroxylation is 1. The minimum absolute atomic E-state index is 0.226. The fourth-order valence-electron chi connectivity index (χ4n) is 1.68. The smallest absolute Gasteiger partial charge is 0.265 e. The van der Waals surface area contributed by atoms with E-state index in [2.05, 4.69) is 9.97 Å². The van der Waals surface area contributed by atoms with Gasteiger partial charge in [0.1, 0.15) is 5.82 Å². The third kappa shape index (κ3) is 3.89. The molecule has 1 amide bonds. The van der Waals surface area contributed by atoms with Crippen LogP contribution in [0.4, 0.5) is 4.39 Å². The zero-order valence-electron chi connectivity index (χ0n) is 11.1. The van der Waals surface area contributed by atoms with Gasteiger partial charge in [-0.15, -0.1) is 0 Å². The highest BCUT2D eigenvalue weighted by Crippen LogP contribution is 2.21. The first-order valence-corrected chi connectivity index (χ1v) is 6.98. The Balaban J connectivity index is 2.19. The van der Waals surface area contributed by atoms with Crippen LogP contribution in [0.5, 0.6) is 0 Å². The van der Waals surface area contributed by atoms with Crippen molar-refractivity contribution in [2.24, 2.45) is 5.84 Å². The lowest BCUT2D eigenvalue weighted by atomic mass is 10.1.